The van der Waals surface area contributed by atoms with Crippen LogP contribution >= 0.6 is 15.9 Å². The molecule has 0 fully saturated rings. The maximum absolute atomic E-state index is 11.6. The second-order valence-corrected chi connectivity index (χ2v) is 5.55. The topological polar surface area (TPSA) is 73.9 Å². The molecule has 6 heteroatoms. The van der Waals surface area contributed by atoms with Crippen LogP contribution in [0.25, 0.3) is 16.8 Å². The number of pyridine rings is 2. The molecule has 3 rings (SSSR count). The highest BCUT2D eigenvalue weighted by Crippen LogP contribution is 2.25. The van der Waals surface area contributed by atoms with Crippen molar-refractivity contribution in [2.24, 2.45) is 0 Å². The standard InChI is InChI=1S/C15H11BrN4O/c1-8-12(5-11(6-17)15(21)19-8)10-3-4-13-18-9(2)14(16)20(13)7-10/h3-5,7H,1-2H3,(H,19,21). The zero-order valence-corrected chi connectivity index (χ0v) is 13.0. The molecule has 0 radical (unpaired) electrons. The maximum Gasteiger partial charge on any atom is 0.266 e. The summed E-state index contributed by atoms with van der Waals surface area (Å²) in [4.78, 5) is 18.8. The van der Waals surface area contributed by atoms with Gasteiger partial charge < -0.3 is 4.98 Å². The van der Waals surface area contributed by atoms with Gasteiger partial charge in [0.05, 0.1) is 5.69 Å². The molecule has 104 valence electrons. The van der Waals surface area contributed by atoms with Crippen molar-refractivity contribution in [1.82, 2.24) is 14.4 Å². The molecule has 0 aliphatic heterocycles. The number of fused-ring (bicyclic) bond motifs is 1. The first-order chi connectivity index (χ1) is 10.0. The molecule has 0 aromatic carbocycles. The third kappa shape index (κ3) is 2.16. The fourth-order valence-electron chi connectivity index (χ4n) is 2.30. The van der Waals surface area contributed by atoms with E-state index in [2.05, 4.69) is 25.9 Å². The lowest BCUT2D eigenvalue weighted by molar-refractivity contribution is 1.11. The van der Waals surface area contributed by atoms with Crippen LogP contribution in [0.4, 0.5) is 0 Å². The molecule has 5 nitrogen and oxygen atoms in total. The van der Waals surface area contributed by atoms with E-state index in [0.29, 0.717) is 0 Å². The van der Waals surface area contributed by atoms with Crippen LogP contribution in [0.2, 0.25) is 0 Å². The van der Waals surface area contributed by atoms with Gasteiger partial charge in [-0.25, -0.2) is 4.98 Å². The van der Waals surface area contributed by atoms with E-state index in [1.807, 2.05) is 42.6 Å². The van der Waals surface area contributed by atoms with E-state index in [9.17, 15) is 4.79 Å². The monoisotopic (exact) mass is 342 g/mol. The number of rotatable bonds is 1. The largest absolute Gasteiger partial charge is 0.325 e. The van der Waals surface area contributed by atoms with E-state index < -0.39 is 0 Å². The van der Waals surface area contributed by atoms with Crippen LogP contribution in [-0.4, -0.2) is 14.4 Å². The van der Waals surface area contributed by atoms with E-state index in [0.717, 1.165) is 32.8 Å². The van der Waals surface area contributed by atoms with Gasteiger partial charge in [-0.05, 0) is 48.0 Å². The number of nitrogens with zero attached hydrogens (tertiary/aromatic N) is 3. The van der Waals surface area contributed by atoms with E-state index in [4.69, 9.17) is 5.26 Å². The lowest BCUT2D eigenvalue weighted by Gasteiger charge is -2.07. The molecule has 0 saturated carbocycles. The van der Waals surface area contributed by atoms with Crippen LogP contribution in [-0.2, 0) is 0 Å². The predicted octanol–water partition coefficient (Wildman–Crippen LogP) is 2.94. The highest BCUT2D eigenvalue weighted by Gasteiger charge is 2.11. The van der Waals surface area contributed by atoms with Gasteiger partial charge >= 0.3 is 0 Å². The summed E-state index contributed by atoms with van der Waals surface area (Å²) in [5.74, 6) is 0. The predicted molar refractivity (Wildman–Crippen MR) is 83.1 cm³/mol. The van der Waals surface area contributed by atoms with Gasteiger partial charge in [-0.3, -0.25) is 9.20 Å². The SMILES string of the molecule is Cc1nc2ccc(-c3cc(C#N)c(=O)[nH]c3C)cn2c1Br. The van der Waals surface area contributed by atoms with Crippen molar-refractivity contribution in [3.63, 3.8) is 0 Å². The third-order valence-electron chi connectivity index (χ3n) is 3.39. The number of halogens is 1. The molecular formula is C15H11BrN4O. The Morgan fingerprint density at radius 1 is 1.38 bits per heavy atom. The fraction of sp³-hybridized carbons (Fsp3) is 0.133. The molecule has 21 heavy (non-hydrogen) atoms. The molecular weight excluding hydrogens is 332 g/mol. The Kier molecular flexibility index (Phi) is 3.15. The maximum atomic E-state index is 11.6. The second kappa shape index (κ2) is 4.86. The van der Waals surface area contributed by atoms with Crippen LogP contribution < -0.4 is 5.56 Å². The summed E-state index contributed by atoms with van der Waals surface area (Å²) in [5.41, 5.74) is 3.95. The minimum atomic E-state index is -0.362. The average molecular weight is 343 g/mol. The number of nitriles is 1. The molecule has 0 spiro atoms. The highest BCUT2D eigenvalue weighted by atomic mass is 79.9. The summed E-state index contributed by atoms with van der Waals surface area (Å²) >= 11 is 3.51. The van der Waals surface area contributed by atoms with Crippen molar-refractivity contribution >= 4 is 21.6 Å². The molecule has 3 aromatic rings. The molecule has 0 unspecified atom stereocenters. The molecule has 0 saturated heterocycles. The van der Waals surface area contributed by atoms with Crippen molar-refractivity contribution in [2.45, 2.75) is 13.8 Å². The van der Waals surface area contributed by atoms with E-state index in [1.165, 1.54) is 0 Å². The van der Waals surface area contributed by atoms with E-state index in [1.54, 1.807) is 6.07 Å². The molecule has 0 amide bonds. The summed E-state index contributed by atoms with van der Waals surface area (Å²) in [5, 5.41) is 9.01. The Bertz CT molecular complexity index is 962. The fourth-order valence-corrected chi connectivity index (χ4v) is 2.67. The zero-order chi connectivity index (χ0) is 15.1. The van der Waals surface area contributed by atoms with Gasteiger partial charge in [0.25, 0.3) is 5.56 Å². The lowest BCUT2D eigenvalue weighted by Crippen LogP contribution is -2.12. The van der Waals surface area contributed by atoms with Crippen LogP contribution in [0.5, 0.6) is 0 Å². The van der Waals surface area contributed by atoms with Crippen molar-refractivity contribution < 1.29 is 0 Å². The molecule has 0 aliphatic rings. The quantitative estimate of drug-likeness (QED) is 0.738. The average Bonchev–Trinajstić information content (AvgIpc) is 2.74. The normalized spacial score (nSPS) is 10.8. The Labute approximate surface area is 129 Å². The van der Waals surface area contributed by atoms with Crippen molar-refractivity contribution in [2.75, 3.05) is 0 Å². The number of imidazole rings is 1. The van der Waals surface area contributed by atoms with Gasteiger partial charge in [0, 0.05) is 23.0 Å². The number of hydrogen-bond acceptors (Lipinski definition) is 3. The zero-order valence-electron chi connectivity index (χ0n) is 11.4. The van der Waals surface area contributed by atoms with E-state index >= 15 is 0 Å². The number of nitrogens with one attached hydrogen (secondary N) is 1. The van der Waals surface area contributed by atoms with Crippen LogP contribution in [0.1, 0.15) is 17.0 Å². The number of aromatic nitrogens is 3. The van der Waals surface area contributed by atoms with Gasteiger partial charge in [-0.2, -0.15) is 5.26 Å². The third-order valence-corrected chi connectivity index (χ3v) is 4.34. The summed E-state index contributed by atoms with van der Waals surface area (Å²) < 4.78 is 2.82. The van der Waals surface area contributed by atoms with Gasteiger partial charge in [0.15, 0.2) is 0 Å². The highest BCUT2D eigenvalue weighted by molar-refractivity contribution is 9.10. The van der Waals surface area contributed by atoms with Crippen LogP contribution in [0, 0.1) is 25.2 Å². The first-order valence-corrected chi connectivity index (χ1v) is 7.09. The number of hydrogen-bond donors (Lipinski definition) is 1. The van der Waals surface area contributed by atoms with Crippen molar-refractivity contribution in [3.8, 4) is 17.2 Å². The number of H-pyrrole nitrogens is 1. The van der Waals surface area contributed by atoms with Crippen molar-refractivity contribution in [1.29, 1.82) is 5.26 Å². The number of aromatic amines is 1. The first kappa shape index (κ1) is 13.6. The second-order valence-electron chi connectivity index (χ2n) is 4.80. The van der Waals surface area contributed by atoms with Gasteiger partial charge in [0.1, 0.15) is 21.9 Å². The molecule has 3 aromatic heterocycles. The van der Waals surface area contributed by atoms with Crippen LogP contribution in [0.3, 0.4) is 0 Å². The Hall–Kier alpha value is -2.39. The Morgan fingerprint density at radius 3 is 2.86 bits per heavy atom. The minimum Gasteiger partial charge on any atom is -0.325 e. The Morgan fingerprint density at radius 2 is 2.14 bits per heavy atom. The van der Waals surface area contributed by atoms with Gasteiger partial charge in [0.2, 0.25) is 0 Å². The van der Waals surface area contributed by atoms with E-state index in [-0.39, 0.29) is 11.1 Å². The van der Waals surface area contributed by atoms with Gasteiger partial charge in [-0.15, -0.1) is 0 Å². The minimum absolute atomic E-state index is 0.108. The summed E-state index contributed by atoms with van der Waals surface area (Å²) in [6.07, 6.45) is 1.93. The molecule has 1 N–H and O–H groups in total. The first-order valence-electron chi connectivity index (χ1n) is 6.30. The Balaban J connectivity index is 2.28. The number of aryl methyl sites for hydroxylation is 2. The molecule has 0 bridgehead atoms. The molecule has 0 atom stereocenters. The van der Waals surface area contributed by atoms with Crippen molar-refractivity contribution in [3.05, 3.63) is 56.3 Å². The lowest BCUT2D eigenvalue weighted by atomic mass is 10.0. The molecule has 3 heterocycles. The van der Waals surface area contributed by atoms with Gasteiger partial charge in [-0.1, -0.05) is 0 Å². The van der Waals surface area contributed by atoms with Crippen LogP contribution in [0.15, 0.2) is 33.8 Å². The molecule has 0 aliphatic carbocycles. The summed E-state index contributed by atoms with van der Waals surface area (Å²) in [6.45, 7) is 3.74. The summed E-state index contributed by atoms with van der Waals surface area (Å²) in [7, 11) is 0. The summed E-state index contributed by atoms with van der Waals surface area (Å²) in [6, 6.07) is 7.36. The smallest absolute Gasteiger partial charge is 0.266 e.